The van der Waals surface area contributed by atoms with Gasteiger partial charge in [-0.3, -0.25) is 0 Å². The van der Waals surface area contributed by atoms with E-state index in [-0.39, 0.29) is 0 Å². The largest absolute Gasteiger partial charge is 0.417 e. The van der Waals surface area contributed by atoms with Crippen molar-refractivity contribution in [2.24, 2.45) is 0 Å². The number of rotatable bonds is 11. The Labute approximate surface area is 123 Å². The van der Waals surface area contributed by atoms with Crippen molar-refractivity contribution in [3.05, 3.63) is 12.7 Å². The van der Waals surface area contributed by atoms with Crippen LogP contribution in [0.15, 0.2) is 12.7 Å². The third-order valence-corrected chi connectivity index (χ3v) is 8.86. The summed E-state index contributed by atoms with van der Waals surface area (Å²) in [5.41, 5.74) is 0. The normalized spacial score (nSPS) is 12.7. The third kappa shape index (κ3) is 9.45. The van der Waals surface area contributed by atoms with Crippen LogP contribution in [0.25, 0.3) is 0 Å². The van der Waals surface area contributed by atoms with E-state index in [2.05, 4.69) is 40.4 Å². The van der Waals surface area contributed by atoms with E-state index in [0.717, 1.165) is 6.61 Å². The molecule has 0 aromatic carbocycles. The molecule has 114 valence electrons. The topological polar surface area (TPSA) is 9.23 Å². The molecule has 2 heteroatoms. The van der Waals surface area contributed by atoms with Crippen LogP contribution in [0, 0.1) is 0 Å². The summed E-state index contributed by atoms with van der Waals surface area (Å²) in [6.45, 7) is 16.3. The number of hydrogen-bond acceptors (Lipinski definition) is 1. The molecule has 0 saturated heterocycles. The molecule has 0 aliphatic heterocycles. The Morgan fingerprint density at radius 3 is 1.84 bits per heavy atom. The van der Waals surface area contributed by atoms with Crippen LogP contribution in [0.5, 0.6) is 0 Å². The lowest BCUT2D eigenvalue weighted by Crippen LogP contribution is -2.40. The van der Waals surface area contributed by atoms with Gasteiger partial charge in [0.1, 0.15) is 0 Å². The van der Waals surface area contributed by atoms with Crippen LogP contribution in [-0.2, 0) is 4.43 Å². The summed E-state index contributed by atoms with van der Waals surface area (Å²) in [6.07, 6.45) is 12.6. The van der Waals surface area contributed by atoms with Gasteiger partial charge >= 0.3 is 0 Å². The van der Waals surface area contributed by atoms with Gasteiger partial charge in [0.05, 0.1) is 0 Å². The van der Waals surface area contributed by atoms with Gasteiger partial charge in [0, 0.05) is 6.61 Å². The van der Waals surface area contributed by atoms with Crippen LogP contribution in [0.3, 0.4) is 0 Å². The second-order valence-electron chi connectivity index (χ2n) is 7.16. The fourth-order valence-corrected chi connectivity index (χ4v) is 2.91. The average molecular weight is 285 g/mol. The van der Waals surface area contributed by atoms with Crippen molar-refractivity contribution in [3.63, 3.8) is 0 Å². The zero-order chi connectivity index (χ0) is 14.8. The van der Waals surface area contributed by atoms with Gasteiger partial charge in [0.2, 0.25) is 0 Å². The molecule has 19 heavy (non-hydrogen) atoms. The first kappa shape index (κ1) is 18.9. The lowest BCUT2D eigenvalue weighted by molar-refractivity contribution is 0.277. The van der Waals surface area contributed by atoms with E-state index >= 15 is 0 Å². The zero-order valence-electron chi connectivity index (χ0n) is 14.1. The molecule has 0 radical (unpaired) electrons. The molecule has 0 spiro atoms. The summed E-state index contributed by atoms with van der Waals surface area (Å²) in [5, 5.41) is 0.345. The van der Waals surface area contributed by atoms with E-state index in [4.69, 9.17) is 4.43 Å². The Bertz CT molecular complexity index is 228. The van der Waals surface area contributed by atoms with Crippen LogP contribution in [0.2, 0.25) is 18.1 Å². The minimum Gasteiger partial charge on any atom is -0.417 e. The highest BCUT2D eigenvalue weighted by atomic mass is 28.4. The van der Waals surface area contributed by atoms with Gasteiger partial charge in [-0.25, -0.2) is 0 Å². The first-order valence-electron chi connectivity index (χ1n) is 8.06. The maximum atomic E-state index is 6.18. The van der Waals surface area contributed by atoms with Crippen LogP contribution in [0.4, 0.5) is 0 Å². The Hall–Kier alpha value is -0.0831. The lowest BCUT2D eigenvalue weighted by Gasteiger charge is -2.36. The van der Waals surface area contributed by atoms with Gasteiger partial charge in [-0.2, -0.15) is 0 Å². The van der Waals surface area contributed by atoms with Gasteiger partial charge in [-0.05, 0) is 37.4 Å². The molecule has 0 amide bonds. The minimum atomic E-state index is -1.50. The second kappa shape index (κ2) is 9.76. The van der Waals surface area contributed by atoms with Crippen LogP contribution in [0.1, 0.15) is 72.1 Å². The molecule has 0 aromatic rings. The summed E-state index contributed by atoms with van der Waals surface area (Å²) in [4.78, 5) is 0. The molecular formula is C17H36OSi. The van der Waals surface area contributed by atoms with Crippen LogP contribution in [-0.4, -0.2) is 14.9 Å². The van der Waals surface area contributed by atoms with Crippen LogP contribution < -0.4 is 0 Å². The molecule has 0 saturated carbocycles. The number of hydrogen-bond donors (Lipinski definition) is 0. The van der Waals surface area contributed by atoms with E-state index in [1.165, 1.54) is 51.4 Å². The highest BCUT2D eigenvalue weighted by Gasteiger charge is 2.36. The first-order chi connectivity index (χ1) is 8.81. The molecule has 0 aliphatic carbocycles. The Morgan fingerprint density at radius 1 is 0.895 bits per heavy atom. The van der Waals surface area contributed by atoms with E-state index in [1.807, 2.05) is 6.08 Å². The van der Waals surface area contributed by atoms with Gasteiger partial charge in [0.25, 0.3) is 0 Å². The minimum absolute atomic E-state index is 0.345. The Morgan fingerprint density at radius 2 is 1.37 bits per heavy atom. The van der Waals surface area contributed by atoms with Crippen molar-refractivity contribution >= 4 is 8.32 Å². The lowest BCUT2D eigenvalue weighted by atomic mass is 10.1. The first-order valence-corrected chi connectivity index (χ1v) is 11.0. The quantitative estimate of drug-likeness (QED) is 0.245. The SMILES string of the molecule is C=CCCCCCCCCCO[Si](C)(C)C(C)(C)C. The summed E-state index contributed by atoms with van der Waals surface area (Å²) >= 11 is 0. The standard InChI is InChI=1S/C17H36OSi/c1-7-8-9-10-11-12-13-14-15-16-18-19(5,6)17(2,3)4/h7H,1,8-16H2,2-6H3. The third-order valence-electron chi connectivity index (χ3n) is 4.32. The summed E-state index contributed by atoms with van der Waals surface area (Å²) in [5.74, 6) is 0. The van der Waals surface area contributed by atoms with Gasteiger partial charge in [-0.15, -0.1) is 6.58 Å². The Balaban J connectivity index is 3.39. The molecule has 1 nitrogen and oxygen atoms in total. The summed E-state index contributed by atoms with van der Waals surface area (Å²) in [7, 11) is -1.50. The van der Waals surface area contributed by atoms with Crippen molar-refractivity contribution in [3.8, 4) is 0 Å². The molecular weight excluding hydrogens is 248 g/mol. The zero-order valence-corrected chi connectivity index (χ0v) is 15.1. The second-order valence-corrected chi connectivity index (χ2v) is 12.0. The van der Waals surface area contributed by atoms with Crippen molar-refractivity contribution in [2.75, 3.05) is 6.61 Å². The predicted molar refractivity (Wildman–Crippen MR) is 90.3 cm³/mol. The molecule has 0 unspecified atom stereocenters. The molecule has 0 heterocycles. The molecule has 0 rings (SSSR count). The highest BCUT2D eigenvalue weighted by Crippen LogP contribution is 2.36. The van der Waals surface area contributed by atoms with E-state index in [1.54, 1.807) is 0 Å². The molecule has 0 fully saturated rings. The molecule has 0 N–H and O–H groups in total. The fraction of sp³-hybridized carbons (Fsp3) is 0.882. The number of allylic oxidation sites excluding steroid dienone is 1. The van der Waals surface area contributed by atoms with Crippen molar-refractivity contribution in [2.45, 2.75) is 90.3 Å². The number of unbranched alkanes of at least 4 members (excludes halogenated alkanes) is 7. The Kier molecular flexibility index (Phi) is 9.72. The van der Waals surface area contributed by atoms with Gasteiger partial charge in [0.15, 0.2) is 8.32 Å². The van der Waals surface area contributed by atoms with E-state index in [9.17, 15) is 0 Å². The average Bonchev–Trinajstić information content (AvgIpc) is 2.30. The predicted octanol–water partition coefficient (Wildman–Crippen LogP) is 6.32. The smallest absolute Gasteiger partial charge is 0.191 e. The molecule has 0 bridgehead atoms. The van der Waals surface area contributed by atoms with E-state index < -0.39 is 8.32 Å². The fourth-order valence-electron chi connectivity index (χ4n) is 1.82. The molecule has 0 atom stereocenters. The maximum Gasteiger partial charge on any atom is 0.191 e. The summed E-state index contributed by atoms with van der Waals surface area (Å²) < 4.78 is 6.18. The highest BCUT2D eigenvalue weighted by molar-refractivity contribution is 6.74. The van der Waals surface area contributed by atoms with E-state index in [0.29, 0.717) is 5.04 Å². The van der Waals surface area contributed by atoms with Gasteiger partial charge < -0.3 is 4.43 Å². The van der Waals surface area contributed by atoms with Crippen LogP contribution >= 0.6 is 0 Å². The monoisotopic (exact) mass is 284 g/mol. The summed E-state index contributed by atoms with van der Waals surface area (Å²) in [6, 6.07) is 0. The molecule has 0 aromatic heterocycles. The van der Waals surface area contributed by atoms with Crippen molar-refractivity contribution in [1.82, 2.24) is 0 Å². The maximum absolute atomic E-state index is 6.18. The molecule has 0 aliphatic rings. The van der Waals surface area contributed by atoms with Crippen molar-refractivity contribution < 1.29 is 4.43 Å². The van der Waals surface area contributed by atoms with Gasteiger partial charge in [-0.1, -0.05) is 59.0 Å². The van der Waals surface area contributed by atoms with Crippen molar-refractivity contribution in [1.29, 1.82) is 0 Å².